The first-order valence-corrected chi connectivity index (χ1v) is 7.42. The highest BCUT2D eigenvalue weighted by atomic mass is 35.5. The molecule has 4 heteroatoms. The first-order chi connectivity index (χ1) is 9.69. The minimum absolute atomic E-state index is 0.184. The van der Waals surface area contributed by atoms with Crippen molar-refractivity contribution in [3.8, 4) is 0 Å². The molecule has 2 nitrogen and oxygen atoms in total. The molecule has 0 aliphatic heterocycles. The van der Waals surface area contributed by atoms with E-state index in [4.69, 9.17) is 29.0 Å². The van der Waals surface area contributed by atoms with Gasteiger partial charge in [-0.05, 0) is 41.7 Å². The van der Waals surface area contributed by atoms with Crippen LogP contribution < -0.4 is 11.3 Å². The van der Waals surface area contributed by atoms with Crippen molar-refractivity contribution in [3.05, 3.63) is 69.2 Å². The van der Waals surface area contributed by atoms with Gasteiger partial charge in [0.05, 0.1) is 0 Å². The van der Waals surface area contributed by atoms with Crippen molar-refractivity contribution in [1.82, 2.24) is 5.43 Å². The van der Waals surface area contributed by atoms with E-state index in [0.717, 1.165) is 18.4 Å². The number of hydrazine groups is 1. The van der Waals surface area contributed by atoms with Crippen molar-refractivity contribution in [2.45, 2.75) is 24.8 Å². The Morgan fingerprint density at radius 2 is 2.00 bits per heavy atom. The Hall–Kier alpha value is -1.06. The Kier molecular flexibility index (Phi) is 3.99. The monoisotopic (exact) mass is 306 g/mol. The average Bonchev–Trinajstić information content (AvgIpc) is 2.41. The lowest BCUT2D eigenvalue weighted by Crippen LogP contribution is -2.45. The molecule has 0 radical (unpaired) electrons. The van der Waals surface area contributed by atoms with Crippen LogP contribution >= 0.6 is 23.2 Å². The second kappa shape index (κ2) is 5.74. The third kappa shape index (κ3) is 2.57. The number of fused-ring (bicyclic) bond motifs is 1. The molecule has 20 heavy (non-hydrogen) atoms. The van der Waals surface area contributed by atoms with E-state index in [1.807, 2.05) is 12.1 Å². The fourth-order valence-corrected chi connectivity index (χ4v) is 3.38. The molecule has 0 fully saturated rings. The summed E-state index contributed by atoms with van der Waals surface area (Å²) in [5, 5.41) is 1.36. The maximum absolute atomic E-state index is 6.24. The number of rotatable bonds is 4. The number of benzene rings is 2. The van der Waals surface area contributed by atoms with Crippen molar-refractivity contribution in [2.75, 3.05) is 0 Å². The molecule has 0 saturated heterocycles. The maximum Gasteiger partial charge on any atom is 0.0453 e. The van der Waals surface area contributed by atoms with E-state index in [9.17, 15) is 0 Å². The molecule has 3 rings (SSSR count). The number of hydrogen-bond donors (Lipinski definition) is 2. The summed E-state index contributed by atoms with van der Waals surface area (Å²) in [6.07, 6.45) is 1.86. The van der Waals surface area contributed by atoms with Gasteiger partial charge < -0.3 is 0 Å². The average molecular weight is 307 g/mol. The lowest BCUT2D eigenvalue weighted by Gasteiger charge is -2.36. The molecule has 2 atom stereocenters. The predicted molar refractivity (Wildman–Crippen MR) is 84.2 cm³/mol. The lowest BCUT2D eigenvalue weighted by molar-refractivity contribution is 0.404. The van der Waals surface area contributed by atoms with Crippen LogP contribution in [0.3, 0.4) is 0 Å². The molecule has 104 valence electrons. The smallest absolute Gasteiger partial charge is 0.0453 e. The van der Waals surface area contributed by atoms with Gasteiger partial charge in [0.15, 0.2) is 0 Å². The molecule has 2 aromatic rings. The lowest BCUT2D eigenvalue weighted by atomic mass is 9.72. The summed E-state index contributed by atoms with van der Waals surface area (Å²) in [6, 6.07) is 14.3. The summed E-state index contributed by atoms with van der Waals surface area (Å²) in [7, 11) is 0. The second-order valence-corrected chi connectivity index (χ2v) is 6.07. The number of halogens is 2. The zero-order valence-corrected chi connectivity index (χ0v) is 12.5. The molecular formula is C16H16Cl2N2. The van der Waals surface area contributed by atoms with Crippen molar-refractivity contribution in [3.63, 3.8) is 0 Å². The molecule has 2 aromatic carbocycles. The Labute approximate surface area is 128 Å². The third-order valence-corrected chi connectivity index (χ3v) is 4.64. The van der Waals surface area contributed by atoms with E-state index in [1.165, 1.54) is 11.1 Å². The van der Waals surface area contributed by atoms with E-state index in [0.29, 0.717) is 16.0 Å². The van der Waals surface area contributed by atoms with E-state index in [-0.39, 0.29) is 6.04 Å². The van der Waals surface area contributed by atoms with Crippen LogP contribution in [0.2, 0.25) is 10.0 Å². The van der Waals surface area contributed by atoms with Gasteiger partial charge in [-0.2, -0.15) is 0 Å². The predicted octanol–water partition coefficient (Wildman–Crippen LogP) is 3.71. The van der Waals surface area contributed by atoms with Crippen LogP contribution in [-0.4, -0.2) is 6.04 Å². The minimum atomic E-state index is 0.184. The molecule has 0 amide bonds. The third-order valence-electron chi connectivity index (χ3n) is 4.05. The van der Waals surface area contributed by atoms with Crippen LogP contribution in [0.4, 0.5) is 0 Å². The quantitative estimate of drug-likeness (QED) is 0.667. The highest BCUT2D eigenvalue weighted by Gasteiger charge is 2.32. The van der Waals surface area contributed by atoms with Crippen LogP contribution in [0.5, 0.6) is 0 Å². The van der Waals surface area contributed by atoms with Gasteiger partial charge in [-0.3, -0.25) is 11.3 Å². The number of nitrogens with two attached hydrogens (primary N) is 1. The van der Waals surface area contributed by atoms with Gasteiger partial charge in [-0.1, -0.05) is 53.5 Å². The van der Waals surface area contributed by atoms with Gasteiger partial charge in [-0.15, -0.1) is 0 Å². The Balaban J connectivity index is 1.79. The molecule has 1 aliphatic rings. The van der Waals surface area contributed by atoms with Crippen LogP contribution in [0.15, 0.2) is 42.5 Å². The molecule has 0 saturated carbocycles. The van der Waals surface area contributed by atoms with Gasteiger partial charge in [0, 0.05) is 22.0 Å². The zero-order chi connectivity index (χ0) is 14.1. The molecule has 0 bridgehead atoms. The van der Waals surface area contributed by atoms with Gasteiger partial charge in [-0.25, -0.2) is 0 Å². The van der Waals surface area contributed by atoms with Crippen LogP contribution in [0.25, 0.3) is 0 Å². The van der Waals surface area contributed by atoms with E-state index in [1.54, 1.807) is 6.07 Å². The summed E-state index contributed by atoms with van der Waals surface area (Å²) in [5.41, 5.74) is 6.82. The minimum Gasteiger partial charge on any atom is -0.271 e. The normalized spacial score (nSPS) is 18.2. The summed E-state index contributed by atoms with van der Waals surface area (Å²) >= 11 is 12.2. The zero-order valence-electron chi connectivity index (χ0n) is 10.9. The van der Waals surface area contributed by atoms with E-state index < -0.39 is 0 Å². The topological polar surface area (TPSA) is 38.0 Å². The highest BCUT2D eigenvalue weighted by Crippen LogP contribution is 2.38. The molecule has 0 heterocycles. The van der Waals surface area contributed by atoms with Crippen molar-refractivity contribution < 1.29 is 0 Å². The van der Waals surface area contributed by atoms with Crippen LogP contribution in [0, 0.1) is 0 Å². The van der Waals surface area contributed by atoms with Gasteiger partial charge in [0.2, 0.25) is 0 Å². The fraction of sp³-hybridized carbons (Fsp3) is 0.250. The van der Waals surface area contributed by atoms with Crippen molar-refractivity contribution >= 4 is 23.2 Å². The maximum atomic E-state index is 6.24. The Morgan fingerprint density at radius 1 is 1.20 bits per heavy atom. The van der Waals surface area contributed by atoms with Crippen LogP contribution in [-0.2, 0) is 12.8 Å². The van der Waals surface area contributed by atoms with Gasteiger partial charge >= 0.3 is 0 Å². The van der Waals surface area contributed by atoms with Crippen molar-refractivity contribution in [2.24, 2.45) is 5.84 Å². The fourth-order valence-electron chi connectivity index (χ4n) is 2.90. The highest BCUT2D eigenvalue weighted by molar-refractivity contribution is 6.35. The largest absolute Gasteiger partial charge is 0.271 e. The van der Waals surface area contributed by atoms with E-state index in [2.05, 4.69) is 29.7 Å². The summed E-state index contributed by atoms with van der Waals surface area (Å²) in [5.74, 6) is 6.20. The van der Waals surface area contributed by atoms with Gasteiger partial charge in [0.1, 0.15) is 0 Å². The first kappa shape index (κ1) is 13.9. The molecule has 0 aromatic heterocycles. The second-order valence-electron chi connectivity index (χ2n) is 5.22. The molecule has 0 spiro atoms. The summed E-state index contributed by atoms with van der Waals surface area (Å²) < 4.78 is 0. The van der Waals surface area contributed by atoms with Crippen molar-refractivity contribution in [1.29, 1.82) is 0 Å². The number of hydrogen-bond acceptors (Lipinski definition) is 2. The Morgan fingerprint density at radius 3 is 2.70 bits per heavy atom. The molecule has 1 aliphatic carbocycles. The molecule has 3 N–H and O–H groups in total. The number of nitrogens with one attached hydrogen (secondary N) is 1. The summed E-state index contributed by atoms with van der Waals surface area (Å²) in [6.45, 7) is 0. The standard InChI is InChI=1S/C16H16Cl2N2/c17-12-6-5-11(15(18)9-12)8-16(20-19)14-7-10-3-1-2-4-13(10)14/h1-6,9,14,16,20H,7-8,19H2. The van der Waals surface area contributed by atoms with Gasteiger partial charge in [0.25, 0.3) is 0 Å². The molecule has 2 unspecified atom stereocenters. The Bertz CT molecular complexity index is 628. The van der Waals surface area contributed by atoms with E-state index >= 15 is 0 Å². The van der Waals surface area contributed by atoms with Crippen LogP contribution in [0.1, 0.15) is 22.6 Å². The summed E-state index contributed by atoms with van der Waals surface area (Å²) in [4.78, 5) is 0. The first-order valence-electron chi connectivity index (χ1n) is 6.67. The SMILES string of the molecule is NNC(Cc1ccc(Cl)cc1Cl)C1Cc2ccccc21. The molecular weight excluding hydrogens is 291 g/mol.